The summed E-state index contributed by atoms with van der Waals surface area (Å²) in [7, 11) is -3.11. The maximum Gasteiger partial charge on any atom is 0.153 e. The molecule has 1 rings (SSSR count). The number of hydrogen-bond donors (Lipinski definition) is 2. The summed E-state index contributed by atoms with van der Waals surface area (Å²) in [4.78, 5) is 0. The molecule has 0 spiro atoms. The Morgan fingerprint density at radius 1 is 1.45 bits per heavy atom. The average molecular weight is 180 g/mol. The molecule has 0 aromatic heterocycles. The molecule has 1 fully saturated rings. The van der Waals surface area contributed by atoms with E-state index in [4.69, 9.17) is 5.11 Å². The van der Waals surface area contributed by atoms with Gasteiger partial charge in [0.15, 0.2) is 9.84 Å². The molecule has 66 valence electrons. The van der Waals surface area contributed by atoms with Crippen LogP contribution in [0.3, 0.4) is 0 Å². The minimum atomic E-state index is -3.11. The molecule has 0 aliphatic carbocycles. The molecular weight excluding hydrogens is 168 g/mol. The van der Waals surface area contributed by atoms with Gasteiger partial charge in [-0.3, -0.25) is 0 Å². The van der Waals surface area contributed by atoms with E-state index in [0.717, 1.165) is 0 Å². The van der Waals surface area contributed by atoms with Crippen LogP contribution >= 0.6 is 0 Å². The quantitative estimate of drug-likeness (QED) is 0.538. The van der Waals surface area contributed by atoms with E-state index >= 15 is 0 Å². The zero-order valence-electron chi connectivity index (χ0n) is 6.15. The fraction of sp³-hybridized carbons (Fsp3) is 1.00. The molecule has 1 unspecified atom stereocenters. The molecule has 0 aromatic carbocycles. The first-order valence-electron chi connectivity index (χ1n) is 3.51. The van der Waals surface area contributed by atoms with E-state index in [0.29, 0.717) is 12.8 Å². The van der Waals surface area contributed by atoms with Crippen LogP contribution in [0.5, 0.6) is 0 Å². The monoisotopic (exact) mass is 180 g/mol. The summed E-state index contributed by atoms with van der Waals surface area (Å²) < 4.78 is 21.9. The zero-order valence-corrected chi connectivity index (χ0v) is 6.97. The van der Waals surface area contributed by atoms with Crippen molar-refractivity contribution in [3.05, 3.63) is 0 Å². The summed E-state index contributed by atoms with van der Waals surface area (Å²) in [6.45, 7) is -0.466. The Morgan fingerprint density at radius 2 is 2.09 bits per heavy atom. The molecule has 11 heavy (non-hydrogen) atoms. The number of aliphatic hydroxyl groups is 2. The van der Waals surface area contributed by atoms with Crippen LogP contribution in [0.1, 0.15) is 12.8 Å². The minimum absolute atomic E-state index is 0.134. The predicted octanol–water partition coefficient (Wildman–Crippen LogP) is -1.08. The normalized spacial score (nSPS) is 36.9. The second-order valence-corrected chi connectivity index (χ2v) is 5.26. The Bertz CT molecular complexity index is 233. The van der Waals surface area contributed by atoms with Crippen molar-refractivity contribution in [1.82, 2.24) is 0 Å². The van der Waals surface area contributed by atoms with Gasteiger partial charge in [0.25, 0.3) is 0 Å². The van der Waals surface area contributed by atoms with Crippen molar-refractivity contribution in [2.45, 2.75) is 18.4 Å². The van der Waals surface area contributed by atoms with E-state index in [1.165, 1.54) is 0 Å². The number of aliphatic hydroxyl groups excluding tert-OH is 1. The van der Waals surface area contributed by atoms with Crippen molar-refractivity contribution >= 4 is 9.84 Å². The fourth-order valence-corrected chi connectivity index (χ4v) is 3.08. The second kappa shape index (κ2) is 2.73. The molecular formula is C6H12O4S. The maximum absolute atomic E-state index is 11.0. The minimum Gasteiger partial charge on any atom is -0.393 e. The lowest BCUT2D eigenvalue weighted by atomic mass is 10.0. The summed E-state index contributed by atoms with van der Waals surface area (Å²) in [6, 6.07) is 0. The van der Waals surface area contributed by atoms with Crippen molar-refractivity contribution in [2.75, 3.05) is 18.1 Å². The fourth-order valence-electron chi connectivity index (χ4n) is 1.30. The van der Waals surface area contributed by atoms with Gasteiger partial charge in [0.1, 0.15) is 5.60 Å². The number of hydrogen-bond acceptors (Lipinski definition) is 4. The molecule has 1 saturated heterocycles. The van der Waals surface area contributed by atoms with Crippen LogP contribution in [-0.2, 0) is 9.84 Å². The highest BCUT2D eigenvalue weighted by atomic mass is 32.2. The molecule has 1 aliphatic rings. The molecule has 5 heteroatoms. The number of rotatable bonds is 1. The standard InChI is InChI=1S/C6H12O4S/c7-4-6(8)2-1-3-11(9,10)5-6/h7-8H,1-5H2. The van der Waals surface area contributed by atoms with Crippen molar-refractivity contribution in [3.63, 3.8) is 0 Å². The van der Waals surface area contributed by atoms with Crippen molar-refractivity contribution in [3.8, 4) is 0 Å². The van der Waals surface area contributed by atoms with Gasteiger partial charge < -0.3 is 10.2 Å². The van der Waals surface area contributed by atoms with Crippen LogP contribution in [0.4, 0.5) is 0 Å². The lowest BCUT2D eigenvalue weighted by Gasteiger charge is -2.29. The maximum atomic E-state index is 11.0. The van der Waals surface area contributed by atoms with Gasteiger partial charge in [-0.15, -0.1) is 0 Å². The molecule has 0 saturated carbocycles. The van der Waals surface area contributed by atoms with Gasteiger partial charge in [-0.25, -0.2) is 8.42 Å². The van der Waals surface area contributed by atoms with E-state index in [1.54, 1.807) is 0 Å². The lowest BCUT2D eigenvalue weighted by Crippen LogP contribution is -2.45. The Hall–Kier alpha value is -0.130. The van der Waals surface area contributed by atoms with E-state index in [-0.39, 0.29) is 11.5 Å². The number of sulfone groups is 1. The molecule has 4 nitrogen and oxygen atoms in total. The summed E-state index contributed by atoms with van der Waals surface area (Å²) in [5, 5.41) is 18.1. The molecule has 1 atom stereocenters. The Kier molecular flexibility index (Phi) is 2.22. The third kappa shape index (κ3) is 2.15. The van der Waals surface area contributed by atoms with Crippen LogP contribution < -0.4 is 0 Å². The van der Waals surface area contributed by atoms with Crippen LogP contribution in [0.2, 0.25) is 0 Å². The molecule has 0 bridgehead atoms. The van der Waals surface area contributed by atoms with Gasteiger partial charge in [-0.2, -0.15) is 0 Å². The summed E-state index contributed by atoms with van der Waals surface area (Å²) in [5.74, 6) is -0.161. The highest BCUT2D eigenvalue weighted by Gasteiger charge is 2.36. The van der Waals surface area contributed by atoms with Crippen molar-refractivity contribution < 1.29 is 18.6 Å². The van der Waals surface area contributed by atoms with Gasteiger partial charge in [-0.1, -0.05) is 0 Å². The van der Waals surface area contributed by atoms with E-state index < -0.39 is 22.0 Å². The van der Waals surface area contributed by atoms with Crippen LogP contribution in [0, 0.1) is 0 Å². The highest BCUT2D eigenvalue weighted by Crippen LogP contribution is 2.21. The predicted molar refractivity (Wildman–Crippen MR) is 39.9 cm³/mol. The van der Waals surface area contributed by atoms with Crippen molar-refractivity contribution in [2.24, 2.45) is 0 Å². The summed E-state index contributed by atoms with van der Waals surface area (Å²) in [6.07, 6.45) is 0.822. The molecule has 1 heterocycles. The van der Waals surface area contributed by atoms with Gasteiger partial charge in [-0.05, 0) is 12.8 Å². The first-order valence-corrected chi connectivity index (χ1v) is 5.33. The van der Waals surface area contributed by atoms with E-state index in [1.807, 2.05) is 0 Å². The largest absolute Gasteiger partial charge is 0.393 e. The van der Waals surface area contributed by atoms with Crippen LogP contribution in [0.15, 0.2) is 0 Å². The first kappa shape index (κ1) is 8.96. The SMILES string of the molecule is O=S1(=O)CCCC(O)(CO)C1. The van der Waals surface area contributed by atoms with Gasteiger partial charge >= 0.3 is 0 Å². The smallest absolute Gasteiger partial charge is 0.153 e. The zero-order chi connectivity index (χ0) is 8.54. The summed E-state index contributed by atoms with van der Waals surface area (Å²) >= 11 is 0. The van der Waals surface area contributed by atoms with Crippen LogP contribution in [0.25, 0.3) is 0 Å². The lowest BCUT2D eigenvalue weighted by molar-refractivity contribution is -0.00530. The van der Waals surface area contributed by atoms with Gasteiger partial charge in [0.2, 0.25) is 0 Å². The topological polar surface area (TPSA) is 74.6 Å². The highest BCUT2D eigenvalue weighted by molar-refractivity contribution is 7.91. The Morgan fingerprint density at radius 3 is 2.45 bits per heavy atom. The summed E-state index contributed by atoms with van der Waals surface area (Å²) in [5.41, 5.74) is -1.38. The molecule has 2 N–H and O–H groups in total. The van der Waals surface area contributed by atoms with E-state index in [2.05, 4.69) is 0 Å². The van der Waals surface area contributed by atoms with Crippen LogP contribution in [-0.4, -0.2) is 42.3 Å². The van der Waals surface area contributed by atoms with Crippen molar-refractivity contribution in [1.29, 1.82) is 0 Å². The molecule has 0 radical (unpaired) electrons. The van der Waals surface area contributed by atoms with Gasteiger partial charge in [0.05, 0.1) is 18.1 Å². The Labute approximate surface area is 65.8 Å². The third-order valence-corrected chi connectivity index (χ3v) is 3.77. The molecule has 0 aromatic rings. The van der Waals surface area contributed by atoms with E-state index in [9.17, 15) is 13.5 Å². The second-order valence-electron chi connectivity index (χ2n) is 3.08. The molecule has 0 amide bonds. The third-order valence-electron chi connectivity index (χ3n) is 1.88. The molecule has 1 aliphatic heterocycles. The Balaban J connectivity index is 2.75. The average Bonchev–Trinajstić information content (AvgIpc) is 1.85. The van der Waals surface area contributed by atoms with Gasteiger partial charge in [0, 0.05) is 0 Å². The first-order chi connectivity index (χ1) is 4.97.